The van der Waals surface area contributed by atoms with Crippen molar-refractivity contribution in [2.24, 2.45) is 11.8 Å². The van der Waals surface area contributed by atoms with Crippen molar-refractivity contribution < 1.29 is 4.79 Å². The van der Waals surface area contributed by atoms with Crippen LogP contribution in [0.15, 0.2) is 60.7 Å². The molecule has 4 nitrogen and oxygen atoms in total. The molecular formula is C26H33N3O. The van der Waals surface area contributed by atoms with Crippen molar-refractivity contribution in [3.05, 3.63) is 71.8 Å². The number of hydrogen-bond acceptors (Lipinski definition) is 3. The summed E-state index contributed by atoms with van der Waals surface area (Å²) in [5.74, 6) is 1.29. The van der Waals surface area contributed by atoms with E-state index in [4.69, 9.17) is 0 Å². The molecule has 3 fully saturated rings. The van der Waals surface area contributed by atoms with Crippen LogP contribution in [0.2, 0.25) is 0 Å². The Labute approximate surface area is 180 Å². The summed E-state index contributed by atoms with van der Waals surface area (Å²) >= 11 is 0. The Morgan fingerprint density at radius 1 is 0.967 bits per heavy atom. The van der Waals surface area contributed by atoms with Gasteiger partial charge in [0.15, 0.2) is 0 Å². The number of amides is 1. The van der Waals surface area contributed by atoms with E-state index in [2.05, 4.69) is 39.8 Å². The summed E-state index contributed by atoms with van der Waals surface area (Å²) in [4.78, 5) is 16.2. The Morgan fingerprint density at radius 3 is 2.33 bits per heavy atom. The maximum Gasteiger partial charge on any atom is 0.232 e. The van der Waals surface area contributed by atoms with E-state index in [1.54, 1.807) is 0 Å². The van der Waals surface area contributed by atoms with Crippen molar-refractivity contribution in [2.45, 2.75) is 43.7 Å². The van der Waals surface area contributed by atoms with Crippen molar-refractivity contribution in [1.29, 1.82) is 0 Å². The zero-order valence-electron chi connectivity index (χ0n) is 17.7. The second-order valence-corrected chi connectivity index (χ2v) is 9.28. The van der Waals surface area contributed by atoms with Gasteiger partial charge < -0.3 is 10.6 Å². The summed E-state index contributed by atoms with van der Waals surface area (Å²) in [6.45, 7) is 4.20. The van der Waals surface area contributed by atoms with Gasteiger partial charge in [-0.3, -0.25) is 9.69 Å². The second-order valence-electron chi connectivity index (χ2n) is 9.28. The Hall–Kier alpha value is -2.17. The van der Waals surface area contributed by atoms with E-state index in [9.17, 15) is 4.79 Å². The molecule has 4 heteroatoms. The van der Waals surface area contributed by atoms with Gasteiger partial charge in [0.1, 0.15) is 0 Å². The molecule has 0 aliphatic carbocycles. The summed E-state index contributed by atoms with van der Waals surface area (Å²) in [5.41, 5.74) is 2.11. The normalized spacial score (nSPS) is 28.7. The van der Waals surface area contributed by atoms with Crippen LogP contribution >= 0.6 is 0 Å². The van der Waals surface area contributed by atoms with E-state index in [1.807, 2.05) is 36.4 Å². The van der Waals surface area contributed by atoms with Crippen LogP contribution in [0, 0.1) is 11.8 Å². The average molecular weight is 404 g/mol. The highest BCUT2D eigenvalue weighted by Gasteiger charge is 2.45. The molecule has 2 bridgehead atoms. The predicted octanol–water partition coefficient (Wildman–Crippen LogP) is 3.40. The fourth-order valence-electron chi connectivity index (χ4n) is 6.14. The third-order valence-electron chi connectivity index (χ3n) is 7.54. The lowest BCUT2D eigenvalue weighted by Crippen LogP contribution is -2.65. The van der Waals surface area contributed by atoms with E-state index in [0.717, 1.165) is 30.1 Å². The highest BCUT2D eigenvalue weighted by atomic mass is 16.1. The molecule has 2 N–H and O–H groups in total. The van der Waals surface area contributed by atoms with Gasteiger partial charge in [-0.25, -0.2) is 0 Å². The third kappa shape index (κ3) is 3.91. The molecule has 0 unspecified atom stereocenters. The van der Waals surface area contributed by atoms with Gasteiger partial charge in [-0.05, 0) is 61.9 Å². The molecule has 1 amide bonds. The van der Waals surface area contributed by atoms with Crippen LogP contribution < -0.4 is 10.6 Å². The van der Waals surface area contributed by atoms with Gasteiger partial charge in [0.2, 0.25) is 5.91 Å². The van der Waals surface area contributed by atoms with Gasteiger partial charge in [-0.1, -0.05) is 67.1 Å². The summed E-state index contributed by atoms with van der Waals surface area (Å²) in [6.07, 6.45) is 5.28. The van der Waals surface area contributed by atoms with Crippen LogP contribution in [-0.2, 0) is 4.79 Å². The first-order chi connectivity index (χ1) is 14.8. The number of carbonyl (C=O) groups excluding carboxylic acids is 1. The van der Waals surface area contributed by atoms with Crippen LogP contribution in [0.3, 0.4) is 0 Å². The van der Waals surface area contributed by atoms with Crippen molar-refractivity contribution in [3.8, 4) is 0 Å². The van der Waals surface area contributed by atoms with Gasteiger partial charge in [0.25, 0.3) is 0 Å². The molecule has 0 spiro atoms. The van der Waals surface area contributed by atoms with Crippen molar-refractivity contribution >= 4 is 5.91 Å². The molecule has 3 aliphatic rings. The largest absolute Gasteiger partial charge is 0.354 e. The SMILES string of the molecule is O=C(NC[C@H]1[C@@H]2CNC[C@@H](C2)[C@@H]2CCCCN21)C(c1ccccc1)c1ccccc1. The molecule has 3 heterocycles. The maximum atomic E-state index is 13.5. The molecule has 0 saturated carbocycles. The van der Waals surface area contributed by atoms with E-state index < -0.39 is 0 Å². The number of nitrogens with one attached hydrogen (secondary N) is 2. The number of hydrogen-bond donors (Lipinski definition) is 2. The fourth-order valence-corrected chi connectivity index (χ4v) is 6.14. The van der Waals surface area contributed by atoms with Gasteiger partial charge in [-0.15, -0.1) is 0 Å². The molecule has 5 rings (SSSR count). The quantitative estimate of drug-likeness (QED) is 0.804. The summed E-state index contributed by atoms with van der Waals surface area (Å²) in [6, 6.07) is 21.5. The van der Waals surface area contributed by atoms with Crippen molar-refractivity contribution in [3.63, 3.8) is 0 Å². The van der Waals surface area contributed by atoms with Crippen molar-refractivity contribution in [2.75, 3.05) is 26.2 Å². The third-order valence-corrected chi connectivity index (χ3v) is 7.54. The fraction of sp³-hybridized carbons (Fsp3) is 0.500. The average Bonchev–Trinajstić information content (AvgIpc) is 2.81. The van der Waals surface area contributed by atoms with Gasteiger partial charge >= 0.3 is 0 Å². The first-order valence-electron chi connectivity index (χ1n) is 11.7. The summed E-state index contributed by atoms with van der Waals surface area (Å²) < 4.78 is 0. The monoisotopic (exact) mass is 403 g/mol. The van der Waals surface area contributed by atoms with E-state index >= 15 is 0 Å². The maximum absolute atomic E-state index is 13.5. The van der Waals surface area contributed by atoms with Gasteiger partial charge in [0.05, 0.1) is 5.92 Å². The Balaban J connectivity index is 1.34. The topological polar surface area (TPSA) is 44.4 Å². The Kier molecular flexibility index (Phi) is 5.87. The number of fused-ring (bicyclic) bond motifs is 4. The Morgan fingerprint density at radius 2 is 1.63 bits per heavy atom. The van der Waals surface area contributed by atoms with Crippen LogP contribution in [0.4, 0.5) is 0 Å². The highest BCUT2D eigenvalue weighted by Crippen LogP contribution is 2.39. The van der Waals surface area contributed by atoms with Crippen LogP contribution in [-0.4, -0.2) is 49.1 Å². The van der Waals surface area contributed by atoms with E-state index in [0.29, 0.717) is 18.0 Å². The molecule has 2 aromatic rings. The number of benzene rings is 2. The minimum Gasteiger partial charge on any atom is -0.354 e. The number of piperidine rings is 3. The van der Waals surface area contributed by atoms with E-state index in [-0.39, 0.29) is 11.8 Å². The molecule has 30 heavy (non-hydrogen) atoms. The first-order valence-corrected chi connectivity index (χ1v) is 11.7. The predicted molar refractivity (Wildman–Crippen MR) is 120 cm³/mol. The number of rotatable bonds is 5. The molecule has 3 saturated heterocycles. The van der Waals surface area contributed by atoms with Crippen molar-refractivity contribution in [1.82, 2.24) is 15.5 Å². The Bertz CT molecular complexity index is 800. The lowest BCUT2D eigenvalue weighted by molar-refractivity contribution is -0.122. The van der Waals surface area contributed by atoms with E-state index in [1.165, 1.54) is 38.8 Å². The minimum atomic E-state index is -0.259. The molecule has 158 valence electrons. The van der Waals surface area contributed by atoms with Crippen LogP contribution in [0.5, 0.6) is 0 Å². The van der Waals surface area contributed by atoms with Gasteiger partial charge in [-0.2, -0.15) is 0 Å². The highest BCUT2D eigenvalue weighted by molar-refractivity contribution is 5.87. The zero-order valence-corrected chi connectivity index (χ0v) is 17.7. The smallest absolute Gasteiger partial charge is 0.232 e. The summed E-state index contributed by atoms with van der Waals surface area (Å²) in [5, 5.41) is 7.05. The molecule has 0 radical (unpaired) electrons. The lowest BCUT2D eigenvalue weighted by atomic mass is 9.73. The van der Waals surface area contributed by atoms with Crippen LogP contribution in [0.1, 0.15) is 42.7 Å². The zero-order chi connectivity index (χ0) is 20.3. The van der Waals surface area contributed by atoms with Gasteiger partial charge in [0, 0.05) is 18.6 Å². The molecule has 3 aliphatic heterocycles. The molecule has 2 aromatic carbocycles. The molecular weight excluding hydrogens is 370 g/mol. The number of nitrogens with zero attached hydrogens (tertiary/aromatic N) is 1. The summed E-state index contributed by atoms with van der Waals surface area (Å²) in [7, 11) is 0. The van der Waals surface area contributed by atoms with Crippen LogP contribution in [0.25, 0.3) is 0 Å². The standard InChI is InChI=1S/C26H33N3O/c30-26(25(19-9-3-1-4-10-19)20-11-5-2-6-12-20)28-18-24-22-15-21(16-27-17-22)23-13-7-8-14-29(23)24/h1-6,9-12,21-25,27H,7-8,13-18H2,(H,28,30)/t21-,22+,23+,24+/m1/s1. The minimum absolute atomic E-state index is 0.117. The molecule has 4 atom stereocenters. The first kappa shape index (κ1) is 19.8. The second kappa shape index (κ2) is 8.91. The number of carbonyl (C=O) groups is 1. The lowest BCUT2D eigenvalue weighted by Gasteiger charge is -2.55. The molecule has 0 aromatic heterocycles.